The number of hydrogen-bond donors (Lipinski definition) is 1. The molecule has 0 aliphatic carbocycles. The molecule has 0 aliphatic heterocycles. The van der Waals surface area contributed by atoms with E-state index in [2.05, 4.69) is 35.1 Å². The summed E-state index contributed by atoms with van der Waals surface area (Å²) in [6.45, 7) is 4.15. The average Bonchev–Trinajstić information content (AvgIpc) is 2.61. The molecule has 0 aromatic carbocycles. The van der Waals surface area contributed by atoms with Crippen molar-refractivity contribution >= 4 is 11.8 Å². The Labute approximate surface area is 88.1 Å². The molecule has 0 saturated heterocycles. The summed E-state index contributed by atoms with van der Waals surface area (Å²) in [6.07, 6.45) is 1.50. The second kappa shape index (κ2) is 5.66. The number of H-pyrrole nitrogens is 1. The molecule has 5 heteroatoms. The third-order valence-electron chi connectivity index (χ3n) is 1.69. The normalized spacial score (nSPS) is 10.4. The van der Waals surface area contributed by atoms with E-state index in [-0.39, 0.29) is 0 Å². The van der Waals surface area contributed by atoms with Gasteiger partial charge in [-0.25, -0.2) is 4.98 Å². The Balaban J connectivity index is 2.33. The fourth-order valence-corrected chi connectivity index (χ4v) is 1.64. The Morgan fingerprint density at radius 3 is 2.93 bits per heavy atom. The van der Waals surface area contributed by atoms with Crippen molar-refractivity contribution in [1.82, 2.24) is 15.2 Å². The maximum Gasteiger partial charge on any atom is 0.208 e. The highest BCUT2D eigenvalue weighted by Crippen LogP contribution is 2.16. The van der Waals surface area contributed by atoms with Gasteiger partial charge in [-0.05, 0) is 6.42 Å². The summed E-state index contributed by atoms with van der Waals surface area (Å²) in [6, 6.07) is 2.12. The molecule has 0 bridgehead atoms. The van der Waals surface area contributed by atoms with E-state index in [0.29, 0.717) is 12.3 Å². The molecule has 0 amide bonds. The van der Waals surface area contributed by atoms with Gasteiger partial charge in [-0.3, -0.25) is 5.10 Å². The zero-order chi connectivity index (χ0) is 10.4. The first kappa shape index (κ1) is 11.1. The van der Waals surface area contributed by atoms with E-state index in [0.717, 1.165) is 23.2 Å². The summed E-state index contributed by atoms with van der Waals surface area (Å²) in [5.74, 6) is 2.21. The van der Waals surface area contributed by atoms with Gasteiger partial charge in [-0.2, -0.15) is 5.26 Å². The van der Waals surface area contributed by atoms with E-state index in [1.165, 1.54) is 0 Å². The molecule has 1 aromatic rings. The lowest BCUT2D eigenvalue weighted by molar-refractivity contribution is 0.780. The highest BCUT2D eigenvalue weighted by atomic mass is 32.2. The monoisotopic (exact) mass is 210 g/mol. The van der Waals surface area contributed by atoms with Crippen molar-refractivity contribution < 1.29 is 0 Å². The van der Waals surface area contributed by atoms with Crippen LogP contribution in [0.3, 0.4) is 0 Å². The van der Waals surface area contributed by atoms with Crippen LogP contribution in [0.2, 0.25) is 0 Å². The summed E-state index contributed by atoms with van der Waals surface area (Å²) >= 11 is 1.59. The summed E-state index contributed by atoms with van der Waals surface area (Å²) in [5, 5.41) is 16.1. The Kier molecular flexibility index (Phi) is 4.47. The van der Waals surface area contributed by atoms with Gasteiger partial charge in [0.1, 0.15) is 5.82 Å². The number of aromatic amines is 1. The van der Waals surface area contributed by atoms with E-state index in [1.807, 2.05) is 0 Å². The predicted molar refractivity (Wildman–Crippen MR) is 56.0 cm³/mol. The minimum Gasteiger partial charge on any atom is -0.262 e. The fraction of sp³-hybridized carbons (Fsp3) is 0.667. The first-order valence-electron chi connectivity index (χ1n) is 4.66. The van der Waals surface area contributed by atoms with Crippen LogP contribution in [0.15, 0.2) is 5.16 Å². The van der Waals surface area contributed by atoms with Gasteiger partial charge in [0, 0.05) is 18.1 Å². The van der Waals surface area contributed by atoms with Crippen LogP contribution in [0.1, 0.15) is 38.4 Å². The predicted octanol–water partition coefficient (Wildman–Crippen LogP) is 2.32. The lowest BCUT2D eigenvalue weighted by Crippen LogP contribution is -1.89. The van der Waals surface area contributed by atoms with Crippen LogP contribution in [0.4, 0.5) is 0 Å². The number of nitrogens with one attached hydrogen (secondary N) is 1. The fourth-order valence-electron chi connectivity index (χ4n) is 0.896. The van der Waals surface area contributed by atoms with Crippen molar-refractivity contribution in [2.24, 2.45) is 0 Å². The van der Waals surface area contributed by atoms with Gasteiger partial charge in [-0.1, -0.05) is 25.6 Å². The van der Waals surface area contributed by atoms with Gasteiger partial charge < -0.3 is 0 Å². The molecular formula is C9H14N4S. The van der Waals surface area contributed by atoms with Crippen LogP contribution >= 0.6 is 11.8 Å². The summed E-state index contributed by atoms with van der Waals surface area (Å²) in [4.78, 5) is 4.32. The third kappa shape index (κ3) is 3.38. The Hall–Kier alpha value is -1.02. The van der Waals surface area contributed by atoms with E-state index >= 15 is 0 Å². The lowest BCUT2D eigenvalue weighted by atomic mass is 10.2. The van der Waals surface area contributed by atoms with Crippen LogP contribution in [0, 0.1) is 11.3 Å². The standard InChI is InChI=1S/C9H14N4S/c1-7(2)8-11-9(13-12-8)14-6-4-3-5-10/h7H,3-4,6H2,1-2H3,(H,11,12,13). The molecule has 1 rings (SSSR count). The Bertz CT molecular complexity index is 313. The lowest BCUT2D eigenvalue weighted by Gasteiger charge is -1.95. The van der Waals surface area contributed by atoms with Crippen LogP contribution in [-0.2, 0) is 0 Å². The minimum absolute atomic E-state index is 0.385. The summed E-state index contributed by atoms with van der Waals surface area (Å²) in [5.41, 5.74) is 0. The molecule has 0 fully saturated rings. The van der Waals surface area contributed by atoms with Gasteiger partial charge in [0.05, 0.1) is 6.07 Å². The van der Waals surface area contributed by atoms with E-state index in [9.17, 15) is 0 Å². The zero-order valence-corrected chi connectivity index (χ0v) is 9.27. The molecule has 76 valence electrons. The van der Waals surface area contributed by atoms with Crippen molar-refractivity contribution in [3.8, 4) is 6.07 Å². The number of hydrogen-bond acceptors (Lipinski definition) is 4. The van der Waals surface area contributed by atoms with Crippen LogP contribution in [0.5, 0.6) is 0 Å². The number of unbranched alkanes of at least 4 members (excludes halogenated alkanes) is 1. The SMILES string of the molecule is CC(C)c1nc(SCCCC#N)n[nH]1. The molecule has 1 N–H and O–H groups in total. The molecule has 14 heavy (non-hydrogen) atoms. The van der Waals surface area contributed by atoms with Crippen molar-refractivity contribution in [3.63, 3.8) is 0 Å². The average molecular weight is 210 g/mol. The molecule has 1 heterocycles. The number of rotatable bonds is 5. The van der Waals surface area contributed by atoms with E-state index in [1.54, 1.807) is 11.8 Å². The largest absolute Gasteiger partial charge is 0.262 e. The van der Waals surface area contributed by atoms with Crippen LogP contribution in [-0.4, -0.2) is 20.9 Å². The van der Waals surface area contributed by atoms with Gasteiger partial charge in [-0.15, -0.1) is 5.10 Å². The first-order valence-corrected chi connectivity index (χ1v) is 5.64. The smallest absolute Gasteiger partial charge is 0.208 e. The van der Waals surface area contributed by atoms with Gasteiger partial charge in [0.25, 0.3) is 0 Å². The molecular weight excluding hydrogens is 196 g/mol. The molecule has 0 radical (unpaired) electrons. The second-order valence-electron chi connectivity index (χ2n) is 3.27. The summed E-state index contributed by atoms with van der Waals surface area (Å²) < 4.78 is 0. The number of nitrogens with zero attached hydrogens (tertiary/aromatic N) is 3. The van der Waals surface area contributed by atoms with Gasteiger partial charge in [0.2, 0.25) is 5.16 Å². The van der Waals surface area contributed by atoms with Gasteiger partial charge >= 0.3 is 0 Å². The Morgan fingerprint density at radius 1 is 1.57 bits per heavy atom. The van der Waals surface area contributed by atoms with E-state index in [4.69, 9.17) is 5.26 Å². The van der Waals surface area contributed by atoms with Crippen molar-refractivity contribution in [3.05, 3.63) is 5.82 Å². The molecule has 0 saturated carbocycles. The molecule has 0 aliphatic rings. The van der Waals surface area contributed by atoms with Crippen molar-refractivity contribution in [2.45, 2.75) is 37.8 Å². The maximum atomic E-state index is 8.34. The van der Waals surface area contributed by atoms with E-state index < -0.39 is 0 Å². The first-order chi connectivity index (χ1) is 6.74. The highest BCUT2D eigenvalue weighted by Gasteiger charge is 2.06. The summed E-state index contributed by atoms with van der Waals surface area (Å²) in [7, 11) is 0. The molecule has 0 spiro atoms. The molecule has 4 nitrogen and oxygen atoms in total. The topological polar surface area (TPSA) is 65.4 Å². The van der Waals surface area contributed by atoms with Crippen molar-refractivity contribution in [1.29, 1.82) is 5.26 Å². The van der Waals surface area contributed by atoms with Crippen LogP contribution < -0.4 is 0 Å². The Morgan fingerprint density at radius 2 is 2.36 bits per heavy atom. The second-order valence-corrected chi connectivity index (χ2v) is 4.33. The zero-order valence-electron chi connectivity index (χ0n) is 8.45. The molecule has 1 aromatic heterocycles. The van der Waals surface area contributed by atoms with Crippen molar-refractivity contribution in [2.75, 3.05) is 5.75 Å². The number of thioether (sulfide) groups is 1. The number of nitriles is 1. The highest BCUT2D eigenvalue weighted by molar-refractivity contribution is 7.99. The van der Waals surface area contributed by atoms with Gasteiger partial charge in [0.15, 0.2) is 0 Å². The minimum atomic E-state index is 0.385. The molecule has 0 atom stereocenters. The maximum absolute atomic E-state index is 8.34. The number of aromatic nitrogens is 3. The molecule has 0 unspecified atom stereocenters. The quantitative estimate of drug-likeness (QED) is 0.598. The third-order valence-corrected chi connectivity index (χ3v) is 2.63. The van der Waals surface area contributed by atoms with Crippen LogP contribution in [0.25, 0.3) is 0 Å².